The second-order valence-electron chi connectivity index (χ2n) is 10.3. The third-order valence-corrected chi connectivity index (χ3v) is 9.41. The molecule has 22 nitrogen and oxygen atoms in total. The minimum Gasteiger partial charge on any atom is -0.397 e. The predicted octanol–water partition coefficient (Wildman–Crippen LogP) is -2.03. The Labute approximate surface area is 248 Å². The van der Waals surface area contributed by atoms with E-state index in [2.05, 4.69) is 19.9 Å². The van der Waals surface area contributed by atoms with Crippen molar-refractivity contribution in [2.45, 2.75) is 49.1 Å². The Morgan fingerprint density at radius 2 is 1.49 bits per heavy atom. The van der Waals surface area contributed by atoms with Crippen molar-refractivity contribution in [2.75, 3.05) is 18.9 Å². The minimum atomic E-state index is -5.13. The van der Waals surface area contributed by atoms with Crippen LogP contribution in [-0.2, 0) is 36.7 Å². The molecule has 7 rings (SSSR count). The summed E-state index contributed by atoms with van der Waals surface area (Å²) in [5, 5.41) is 22.1. The number of rotatable bonds is 2. The van der Waals surface area contributed by atoms with Gasteiger partial charge in [-0.15, -0.1) is 0 Å². The molecule has 4 aromatic heterocycles. The molecule has 7 heterocycles. The van der Waals surface area contributed by atoms with Crippen LogP contribution < -0.4 is 17.0 Å². The monoisotopic (exact) mass is 674 g/mol. The zero-order valence-electron chi connectivity index (χ0n) is 22.4. The first-order valence-electron chi connectivity index (χ1n) is 13.1. The third-order valence-electron chi connectivity index (χ3n) is 7.44. The standard InChI is InChI=1S/C21H24N8O14P2/c22-7-1-2-23-16-10(7)24-5-28(16)19-13(31)14-9(41-19)4-39-45(36,37)43-15-12(30)8(3-38-44(34,35)42-14)40-20(15)29-6-25-11-17(29)26-21(33)27-18(11)32/h1-2,5-6,8-9,12-15,19-20,30-31H,3-4H2,(H2,22,23)(H,34,35)(H,36,37)(H2,26,27,32,33)/t8-,9-,12-,13-,14-,15-,19-,20-/m1/s1. The molecule has 0 aliphatic carbocycles. The van der Waals surface area contributed by atoms with Crippen LogP contribution in [-0.4, -0.2) is 104 Å². The van der Waals surface area contributed by atoms with Gasteiger partial charge in [-0.3, -0.25) is 42.0 Å². The molecule has 3 aliphatic heterocycles. The van der Waals surface area contributed by atoms with Gasteiger partial charge in [0.25, 0.3) is 5.56 Å². The van der Waals surface area contributed by atoms with Gasteiger partial charge in [-0.25, -0.2) is 28.9 Å². The smallest absolute Gasteiger partial charge is 0.397 e. The maximum Gasteiger partial charge on any atom is 0.472 e. The number of imidazole rings is 2. The van der Waals surface area contributed by atoms with Crippen molar-refractivity contribution in [3.8, 4) is 0 Å². The lowest BCUT2D eigenvalue weighted by molar-refractivity contribution is -0.0672. The van der Waals surface area contributed by atoms with Crippen molar-refractivity contribution in [1.82, 2.24) is 34.1 Å². The van der Waals surface area contributed by atoms with E-state index in [4.69, 9.17) is 33.3 Å². The van der Waals surface area contributed by atoms with Crippen LogP contribution in [0.4, 0.5) is 5.69 Å². The summed E-state index contributed by atoms with van der Waals surface area (Å²) in [5.74, 6) is 0. The maximum atomic E-state index is 13.2. The van der Waals surface area contributed by atoms with E-state index >= 15 is 0 Å². The number of nitrogens with zero attached hydrogens (tertiary/aromatic N) is 5. The van der Waals surface area contributed by atoms with Crippen LogP contribution in [0.1, 0.15) is 12.5 Å². The Hall–Kier alpha value is -3.37. The molecule has 24 heteroatoms. The number of aliphatic hydroxyl groups is 2. The normalized spacial score (nSPS) is 37.7. The van der Waals surface area contributed by atoms with Crippen LogP contribution in [0.2, 0.25) is 0 Å². The minimum absolute atomic E-state index is 0.187. The molecular weight excluding hydrogens is 650 g/mol. The number of fused-ring (bicyclic) bond motifs is 5. The van der Waals surface area contributed by atoms with Gasteiger partial charge < -0.3 is 35.2 Å². The van der Waals surface area contributed by atoms with Gasteiger partial charge in [-0.05, 0) is 6.07 Å². The van der Waals surface area contributed by atoms with Crippen LogP contribution >= 0.6 is 15.6 Å². The molecule has 242 valence electrons. The second kappa shape index (κ2) is 10.9. The molecule has 2 unspecified atom stereocenters. The number of phosphoric ester groups is 2. The summed E-state index contributed by atoms with van der Waals surface area (Å²) >= 11 is 0. The van der Waals surface area contributed by atoms with E-state index in [0.717, 1.165) is 10.9 Å². The fourth-order valence-corrected chi connectivity index (χ4v) is 7.29. The van der Waals surface area contributed by atoms with Gasteiger partial charge in [0, 0.05) is 6.20 Å². The highest BCUT2D eigenvalue weighted by Crippen LogP contribution is 2.53. The predicted molar refractivity (Wildman–Crippen MR) is 144 cm³/mol. The van der Waals surface area contributed by atoms with Gasteiger partial charge in [-0.2, -0.15) is 0 Å². The molecule has 3 aliphatic rings. The maximum absolute atomic E-state index is 13.2. The Balaban J connectivity index is 1.21. The molecule has 10 atom stereocenters. The number of nitrogens with two attached hydrogens (primary N) is 1. The first-order chi connectivity index (χ1) is 21.3. The van der Waals surface area contributed by atoms with Crippen molar-refractivity contribution < 1.29 is 56.7 Å². The summed E-state index contributed by atoms with van der Waals surface area (Å²) in [6.07, 6.45) is -9.10. The highest BCUT2D eigenvalue weighted by molar-refractivity contribution is 7.47. The molecule has 0 amide bonds. The topological polar surface area (TPSA) is 311 Å². The Bertz CT molecular complexity index is 1990. The molecule has 0 radical (unpaired) electrons. The number of hydrogen-bond acceptors (Lipinski definition) is 16. The zero-order chi connectivity index (χ0) is 31.8. The van der Waals surface area contributed by atoms with E-state index in [9.17, 15) is 38.7 Å². The van der Waals surface area contributed by atoms with Gasteiger partial charge in [-0.1, -0.05) is 0 Å². The molecule has 0 aromatic carbocycles. The summed E-state index contributed by atoms with van der Waals surface area (Å²) < 4.78 is 60.9. The number of nitrogen functional groups attached to an aromatic ring is 1. The molecule has 0 saturated carbocycles. The Morgan fingerprint density at radius 3 is 2.24 bits per heavy atom. The molecule has 3 fully saturated rings. The van der Waals surface area contributed by atoms with Crippen LogP contribution in [0.25, 0.3) is 22.3 Å². The number of nitrogens with one attached hydrogen (secondary N) is 2. The van der Waals surface area contributed by atoms with E-state index in [0.29, 0.717) is 0 Å². The first kappa shape index (κ1) is 30.3. The van der Waals surface area contributed by atoms with Crippen molar-refractivity contribution in [1.29, 1.82) is 0 Å². The van der Waals surface area contributed by atoms with Gasteiger partial charge in [0.1, 0.15) is 47.8 Å². The number of aromatic nitrogens is 7. The van der Waals surface area contributed by atoms with Gasteiger partial charge >= 0.3 is 21.3 Å². The summed E-state index contributed by atoms with van der Waals surface area (Å²) in [7, 11) is -10.2. The van der Waals surface area contributed by atoms with E-state index in [1.165, 1.54) is 23.2 Å². The van der Waals surface area contributed by atoms with E-state index < -0.39 is 89.2 Å². The van der Waals surface area contributed by atoms with Crippen molar-refractivity contribution in [3.05, 3.63) is 45.8 Å². The quantitative estimate of drug-likeness (QED) is 0.113. The van der Waals surface area contributed by atoms with Crippen LogP contribution in [0.5, 0.6) is 0 Å². The van der Waals surface area contributed by atoms with Gasteiger partial charge in [0.2, 0.25) is 0 Å². The van der Waals surface area contributed by atoms with Crippen LogP contribution in [0.15, 0.2) is 34.5 Å². The SMILES string of the molecule is Nc1ccnc2c1ncn2[C@@H]1O[C@@H]2COP(=O)(O)O[C@@H]3[C@H](O)[C@@H](COP(=O)(O)O[C@H]2[C@H]1O)O[C@H]3n1cnc2c(=O)[nH]c(=O)[nH]c21. The highest BCUT2D eigenvalue weighted by atomic mass is 31.2. The average molecular weight is 674 g/mol. The summed E-state index contributed by atoms with van der Waals surface area (Å²) in [5.41, 5.74) is 4.50. The molecule has 2 bridgehead atoms. The summed E-state index contributed by atoms with van der Waals surface area (Å²) in [6.45, 7) is -1.68. The van der Waals surface area contributed by atoms with Crippen molar-refractivity contribution >= 4 is 43.7 Å². The number of ether oxygens (including phenoxy) is 2. The number of pyridine rings is 1. The molecule has 4 aromatic rings. The number of anilines is 1. The molecule has 45 heavy (non-hydrogen) atoms. The van der Waals surface area contributed by atoms with Gasteiger partial charge in [0.05, 0.1) is 31.6 Å². The Morgan fingerprint density at radius 1 is 0.844 bits per heavy atom. The average Bonchev–Trinajstić information content (AvgIpc) is 3.72. The molecule has 8 N–H and O–H groups in total. The second-order valence-corrected chi connectivity index (χ2v) is 13.1. The summed E-state index contributed by atoms with van der Waals surface area (Å²) in [6, 6.07) is 1.50. The largest absolute Gasteiger partial charge is 0.472 e. The molecule has 0 spiro atoms. The van der Waals surface area contributed by atoms with Crippen LogP contribution in [0.3, 0.4) is 0 Å². The van der Waals surface area contributed by atoms with Crippen molar-refractivity contribution in [3.63, 3.8) is 0 Å². The lowest BCUT2D eigenvalue weighted by Gasteiger charge is -2.25. The van der Waals surface area contributed by atoms with Crippen LogP contribution in [0, 0.1) is 0 Å². The first-order valence-corrected chi connectivity index (χ1v) is 16.1. The van der Waals surface area contributed by atoms with Gasteiger partial charge in [0.15, 0.2) is 23.6 Å². The van der Waals surface area contributed by atoms with E-state index in [-0.39, 0.29) is 28.0 Å². The third kappa shape index (κ3) is 5.33. The highest BCUT2D eigenvalue weighted by Gasteiger charge is 2.54. The molecular formula is C21H24N8O14P2. The van der Waals surface area contributed by atoms with E-state index in [1.54, 1.807) is 0 Å². The number of phosphoric acid groups is 2. The fourth-order valence-electron chi connectivity index (χ4n) is 5.40. The number of hydrogen-bond donors (Lipinski definition) is 7. The number of aromatic amines is 2. The molecule has 3 saturated heterocycles. The lowest BCUT2D eigenvalue weighted by Crippen LogP contribution is -2.36. The number of aliphatic hydroxyl groups excluding tert-OH is 2. The number of H-pyrrole nitrogens is 2. The fraction of sp³-hybridized carbons (Fsp3) is 0.476. The van der Waals surface area contributed by atoms with Crippen molar-refractivity contribution in [2.24, 2.45) is 0 Å². The summed E-state index contributed by atoms with van der Waals surface area (Å²) in [4.78, 5) is 61.9. The van der Waals surface area contributed by atoms with E-state index in [1.807, 2.05) is 4.98 Å². The lowest BCUT2D eigenvalue weighted by atomic mass is 10.1. The zero-order valence-corrected chi connectivity index (χ0v) is 24.2. The Kier molecular flexibility index (Phi) is 7.32.